The smallest absolute Gasteiger partial charge is 0.264 e. The maximum atomic E-state index is 14.0. The molecule has 3 aromatic rings. The quantitative estimate of drug-likeness (QED) is 0.294. The number of carbonyl (C=O) groups excluding carboxylic acids is 2. The average molecular weight is 591 g/mol. The average Bonchev–Trinajstić information content (AvgIpc) is 2.93. The largest absolute Gasteiger partial charge is 0.355 e. The molecule has 0 radical (unpaired) electrons. The summed E-state index contributed by atoms with van der Waals surface area (Å²) in [6, 6.07) is 19.1. The number of nitrogens with one attached hydrogen (secondary N) is 1. The van der Waals surface area contributed by atoms with Gasteiger partial charge in [0.2, 0.25) is 11.8 Å². The SMILES string of the molecule is CCNC(=O)[C@@H](CC)N(Cc1c(Cl)cccc1Cl)C(=O)CN(c1ccc(CC)cc1)S(=O)(=O)c1ccccc1. The number of benzene rings is 3. The van der Waals surface area contributed by atoms with Crippen LogP contribution in [-0.4, -0.2) is 44.3 Å². The van der Waals surface area contributed by atoms with Crippen LogP contribution in [0.3, 0.4) is 0 Å². The van der Waals surface area contributed by atoms with Gasteiger partial charge >= 0.3 is 0 Å². The lowest BCUT2D eigenvalue weighted by atomic mass is 10.1. The number of aryl methyl sites for hydroxylation is 1. The minimum absolute atomic E-state index is 0.0498. The zero-order chi connectivity index (χ0) is 28.6. The molecule has 0 aliphatic carbocycles. The fourth-order valence-electron chi connectivity index (χ4n) is 4.21. The molecule has 7 nitrogen and oxygen atoms in total. The molecule has 0 unspecified atom stereocenters. The van der Waals surface area contributed by atoms with Crippen molar-refractivity contribution in [2.45, 2.75) is 51.1 Å². The Bertz CT molecular complexity index is 1360. The van der Waals surface area contributed by atoms with Crippen LogP contribution in [0.5, 0.6) is 0 Å². The summed E-state index contributed by atoms with van der Waals surface area (Å²) in [6.07, 6.45) is 1.08. The zero-order valence-corrected chi connectivity index (χ0v) is 24.6. The lowest BCUT2D eigenvalue weighted by Crippen LogP contribution is -2.52. The minimum atomic E-state index is -4.12. The second-order valence-corrected chi connectivity index (χ2v) is 11.6. The number of hydrogen-bond acceptors (Lipinski definition) is 4. The lowest BCUT2D eigenvalue weighted by Gasteiger charge is -2.33. The minimum Gasteiger partial charge on any atom is -0.355 e. The van der Waals surface area contributed by atoms with Gasteiger partial charge in [-0.25, -0.2) is 8.42 Å². The molecule has 208 valence electrons. The van der Waals surface area contributed by atoms with E-state index in [1.807, 2.05) is 19.1 Å². The summed E-state index contributed by atoms with van der Waals surface area (Å²) in [7, 11) is -4.12. The molecule has 1 atom stereocenters. The number of rotatable bonds is 12. The number of carbonyl (C=O) groups is 2. The third kappa shape index (κ3) is 7.32. The van der Waals surface area contributed by atoms with E-state index >= 15 is 0 Å². The van der Waals surface area contributed by atoms with Crippen molar-refractivity contribution in [2.24, 2.45) is 0 Å². The summed E-state index contributed by atoms with van der Waals surface area (Å²) in [5, 5.41) is 3.46. The Morgan fingerprint density at radius 2 is 1.49 bits per heavy atom. The highest BCUT2D eigenvalue weighted by atomic mass is 35.5. The van der Waals surface area contributed by atoms with Gasteiger partial charge < -0.3 is 10.2 Å². The first kappa shape index (κ1) is 30.5. The van der Waals surface area contributed by atoms with Crippen LogP contribution in [0.15, 0.2) is 77.7 Å². The van der Waals surface area contributed by atoms with Crippen molar-refractivity contribution in [3.8, 4) is 0 Å². The van der Waals surface area contributed by atoms with E-state index in [-0.39, 0.29) is 17.3 Å². The van der Waals surface area contributed by atoms with Crippen LogP contribution in [0.2, 0.25) is 10.0 Å². The van der Waals surface area contributed by atoms with Crippen LogP contribution in [0.4, 0.5) is 5.69 Å². The normalized spacial score (nSPS) is 12.0. The van der Waals surface area contributed by atoms with Crippen molar-refractivity contribution in [2.75, 3.05) is 17.4 Å². The number of nitrogens with zero attached hydrogens (tertiary/aromatic N) is 2. The molecule has 1 N–H and O–H groups in total. The van der Waals surface area contributed by atoms with E-state index in [0.29, 0.717) is 34.3 Å². The second-order valence-electron chi connectivity index (χ2n) is 8.89. The molecule has 0 saturated heterocycles. The van der Waals surface area contributed by atoms with E-state index < -0.39 is 28.5 Å². The molecule has 2 amide bonds. The molecule has 0 aliphatic heterocycles. The van der Waals surface area contributed by atoms with Crippen molar-refractivity contribution in [3.63, 3.8) is 0 Å². The topological polar surface area (TPSA) is 86.8 Å². The Morgan fingerprint density at radius 1 is 0.872 bits per heavy atom. The van der Waals surface area contributed by atoms with Gasteiger partial charge in [-0.05, 0) is 61.7 Å². The molecule has 0 spiro atoms. The number of sulfonamides is 1. The Morgan fingerprint density at radius 3 is 2.03 bits per heavy atom. The summed E-state index contributed by atoms with van der Waals surface area (Å²) < 4.78 is 28.7. The molecule has 0 fully saturated rings. The second kappa shape index (κ2) is 13.8. The number of hydrogen-bond donors (Lipinski definition) is 1. The molecule has 0 aliphatic rings. The Balaban J connectivity index is 2.09. The molecule has 0 saturated carbocycles. The van der Waals surface area contributed by atoms with Crippen molar-refractivity contribution in [1.82, 2.24) is 10.2 Å². The van der Waals surface area contributed by atoms with Gasteiger partial charge in [-0.15, -0.1) is 0 Å². The highest BCUT2D eigenvalue weighted by Crippen LogP contribution is 2.29. The monoisotopic (exact) mass is 589 g/mol. The van der Waals surface area contributed by atoms with Gasteiger partial charge in [0.05, 0.1) is 10.6 Å². The summed E-state index contributed by atoms with van der Waals surface area (Å²) >= 11 is 12.8. The molecule has 39 heavy (non-hydrogen) atoms. The predicted molar refractivity (Wildman–Crippen MR) is 157 cm³/mol. The Hall–Kier alpha value is -3.07. The first-order valence-electron chi connectivity index (χ1n) is 12.8. The van der Waals surface area contributed by atoms with E-state index in [1.165, 1.54) is 17.0 Å². The summed E-state index contributed by atoms with van der Waals surface area (Å²) in [5.74, 6) is -0.913. The molecule has 0 bridgehead atoms. The number of anilines is 1. The Labute approximate surface area is 240 Å². The van der Waals surface area contributed by atoms with Crippen LogP contribution in [0.25, 0.3) is 0 Å². The van der Waals surface area contributed by atoms with Gasteiger partial charge in [-0.2, -0.15) is 0 Å². The van der Waals surface area contributed by atoms with Crippen LogP contribution < -0.4 is 9.62 Å². The van der Waals surface area contributed by atoms with Gasteiger partial charge in [0.1, 0.15) is 12.6 Å². The molecule has 3 rings (SSSR count). The van der Waals surface area contributed by atoms with Crippen molar-refractivity contribution >= 4 is 50.7 Å². The van der Waals surface area contributed by atoms with Crippen molar-refractivity contribution in [1.29, 1.82) is 0 Å². The summed E-state index contributed by atoms with van der Waals surface area (Å²) in [4.78, 5) is 28.4. The van der Waals surface area contributed by atoms with Gasteiger partial charge in [0, 0.05) is 28.7 Å². The molecular weight excluding hydrogens is 557 g/mol. The maximum absolute atomic E-state index is 14.0. The van der Waals surface area contributed by atoms with Crippen molar-refractivity contribution < 1.29 is 18.0 Å². The van der Waals surface area contributed by atoms with Gasteiger partial charge in [-0.1, -0.05) is 73.4 Å². The van der Waals surface area contributed by atoms with Gasteiger partial charge in [-0.3, -0.25) is 13.9 Å². The van der Waals surface area contributed by atoms with Gasteiger partial charge in [0.25, 0.3) is 10.0 Å². The predicted octanol–water partition coefficient (Wildman–Crippen LogP) is 5.69. The number of likely N-dealkylation sites (N-methyl/N-ethyl adjacent to an activating group) is 1. The van der Waals surface area contributed by atoms with E-state index in [2.05, 4.69) is 5.32 Å². The van der Waals surface area contributed by atoms with Crippen LogP contribution >= 0.6 is 23.2 Å². The standard InChI is InChI=1S/C29H33Cl2N3O4S/c1-4-21-15-17-22(18-16-21)34(39(37,38)23-11-8-7-9-12-23)20-28(35)33(27(5-2)29(36)32-6-3)19-24-25(30)13-10-14-26(24)31/h7-18,27H,4-6,19-20H2,1-3H3,(H,32,36)/t27-/m1/s1. The van der Waals surface area contributed by atoms with E-state index in [4.69, 9.17) is 23.2 Å². The molecule has 3 aromatic carbocycles. The number of amides is 2. The molecule has 0 heterocycles. The van der Waals surface area contributed by atoms with E-state index in [1.54, 1.807) is 62.4 Å². The maximum Gasteiger partial charge on any atom is 0.264 e. The van der Waals surface area contributed by atoms with Gasteiger partial charge in [0.15, 0.2) is 0 Å². The van der Waals surface area contributed by atoms with Crippen LogP contribution in [-0.2, 0) is 32.6 Å². The van der Waals surface area contributed by atoms with Crippen molar-refractivity contribution in [3.05, 3.63) is 94.0 Å². The first-order chi connectivity index (χ1) is 18.6. The van der Waals surface area contributed by atoms with Crippen LogP contribution in [0, 0.1) is 0 Å². The molecule has 0 aromatic heterocycles. The third-order valence-corrected chi connectivity index (χ3v) is 8.87. The van der Waals surface area contributed by atoms with E-state index in [0.717, 1.165) is 16.3 Å². The first-order valence-corrected chi connectivity index (χ1v) is 15.0. The lowest BCUT2D eigenvalue weighted by molar-refractivity contribution is -0.140. The fraction of sp³-hybridized carbons (Fsp3) is 0.310. The molecule has 10 heteroatoms. The summed E-state index contributed by atoms with van der Waals surface area (Å²) in [6.45, 7) is 5.36. The van der Waals surface area contributed by atoms with Crippen LogP contribution in [0.1, 0.15) is 38.3 Å². The fourth-order valence-corrected chi connectivity index (χ4v) is 6.16. The Kier molecular flexibility index (Phi) is 10.8. The third-order valence-electron chi connectivity index (χ3n) is 6.37. The highest BCUT2D eigenvalue weighted by molar-refractivity contribution is 7.92. The molecular formula is C29H33Cl2N3O4S. The highest BCUT2D eigenvalue weighted by Gasteiger charge is 2.34. The van der Waals surface area contributed by atoms with E-state index in [9.17, 15) is 18.0 Å². The zero-order valence-electron chi connectivity index (χ0n) is 22.2. The summed E-state index contributed by atoms with van der Waals surface area (Å²) in [5.41, 5.74) is 1.84. The number of halogens is 2.